The van der Waals surface area contributed by atoms with E-state index in [1.165, 1.54) is 11.1 Å². The van der Waals surface area contributed by atoms with Gasteiger partial charge in [-0.1, -0.05) is 31.5 Å². The minimum atomic E-state index is -0.875. The van der Waals surface area contributed by atoms with Crippen molar-refractivity contribution in [2.45, 2.75) is 46.5 Å². The minimum Gasteiger partial charge on any atom is -0.311 e. The van der Waals surface area contributed by atoms with Crippen LogP contribution >= 0.6 is 0 Å². The molecule has 0 aliphatic carbocycles. The standard InChI is InChI=1S/C17H22N2O/c1-4-17(5-2,12-18)16(20)19-10-6-7-14-11-13(3)8-9-15(14)19/h8-9,11H,4-7,10H2,1-3H3. The molecule has 0 spiro atoms. The summed E-state index contributed by atoms with van der Waals surface area (Å²) in [5.74, 6) is -0.0326. The second-order valence-corrected chi connectivity index (χ2v) is 5.59. The molecule has 20 heavy (non-hydrogen) atoms. The van der Waals surface area contributed by atoms with Gasteiger partial charge < -0.3 is 4.90 Å². The Morgan fingerprint density at radius 3 is 2.70 bits per heavy atom. The summed E-state index contributed by atoms with van der Waals surface area (Å²) in [5.41, 5.74) is 2.56. The molecule has 0 radical (unpaired) electrons. The van der Waals surface area contributed by atoms with Crippen LogP contribution in [0.5, 0.6) is 0 Å². The Morgan fingerprint density at radius 2 is 2.10 bits per heavy atom. The molecule has 1 heterocycles. The number of aryl methyl sites for hydroxylation is 2. The number of hydrogen-bond acceptors (Lipinski definition) is 2. The number of anilines is 1. The van der Waals surface area contributed by atoms with E-state index in [0.717, 1.165) is 25.1 Å². The van der Waals surface area contributed by atoms with Crippen LogP contribution in [0.15, 0.2) is 18.2 Å². The molecule has 0 atom stereocenters. The van der Waals surface area contributed by atoms with Crippen molar-refractivity contribution in [3.05, 3.63) is 29.3 Å². The van der Waals surface area contributed by atoms with E-state index in [-0.39, 0.29) is 5.91 Å². The predicted octanol–water partition coefficient (Wildman–Crippen LogP) is 3.60. The van der Waals surface area contributed by atoms with Crippen LogP contribution in [0.2, 0.25) is 0 Å². The van der Waals surface area contributed by atoms with Crippen molar-refractivity contribution in [3.8, 4) is 6.07 Å². The normalized spacial score (nSPS) is 14.6. The van der Waals surface area contributed by atoms with E-state index in [1.54, 1.807) is 0 Å². The molecule has 3 heteroatoms. The van der Waals surface area contributed by atoms with Gasteiger partial charge in [0.25, 0.3) is 0 Å². The quantitative estimate of drug-likeness (QED) is 0.842. The highest BCUT2D eigenvalue weighted by Crippen LogP contribution is 2.34. The monoisotopic (exact) mass is 270 g/mol. The number of amides is 1. The van der Waals surface area contributed by atoms with E-state index >= 15 is 0 Å². The SMILES string of the molecule is CCC(C#N)(CC)C(=O)N1CCCc2cc(C)ccc21. The largest absolute Gasteiger partial charge is 0.311 e. The average Bonchev–Trinajstić information content (AvgIpc) is 2.48. The zero-order valence-corrected chi connectivity index (χ0v) is 12.6. The van der Waals surface area contributed by atoms with Crippen LogP contribution in [0, 0.1) is 23.7 Å². The van der Waals surface area contributed by atoms with Gasteiger partial charge in [0.2, 0.25) is 5.91 Å². The third-order valence-corrected chi connectivity index (χ3v) is 4.43. The number of nitriles is 1. The lowest BCUT2D eigenvalue weighted by Crippen LogP contribution is -2.45. The number of carbonyl (C=O) groups excluding carboxylic acids is 1. The van der Waals surface area contributed by atoms with Crippen LogP contribution in [0.25, 0.3) is 0 Å². The van der Waals surface area contributed by atoms with Gasteiger partial charge in [0.05, 0.1) is 6.07 Å². The molecular formula is C17H22N2O. The third-order valence-electron chi connectivity index (χ3n) is 4.43. The van der Waals surface area contributed by atoms with Gasteiger partial charge in [-0.2, -0.15) is 5.26 Å². The molecule has 2 rings (SSSR count). The maximum absolute atomic E-state index is 12.9. The molecule has 0 saturated heterocycles. The van der Waals surface area contributed by atoms with Gasteiger partial charge in [0.1, 0.15) is 5.41 Å². The van der Waals surface area contributed by atoms with Crippen molar-refractivity contribution in [1.82, 2.24) is 0 Å². The van der Waals surface area contributed by atoms with Crippen LogP contribution < -0.4 is 4.90 Å². The third kappa shape index (κ3) is 2.31. The second kappa shape index (κ2) is 5.66. The molecule has 0 N–H and O–H groups in total. The Balaban J connectivity index is 2.41. The zero-order valence-electron chi connectivity index (χ0n) is 12.6. The smallest absolute Gasteiger partial charge is 0.247 e. The minimum absolute atomic E-state index is 0.0326. The summed E-state index contributed by atoms with van der Waals surface area (Å²) >= 11 is 0. The topological polar surface area (TPSA) is 44.1 Å². The van der Waals surface area contributed by atoms with Crippen molar-refractivity contribution >= 4 is 11.6 Å². The number of rotatable bonds is 3. The number of carbonyl (C=O) groups is 1. The molecule has 1 aromatic carbocycles. The van der Waals surface area contributed by atoms with Crippen molar-refractivity contribution in [2.75, 3.05) is 11.4 Å². The molecule has 106 valence electrons. The summed E-state index contributed by atoms with van der Waals surface area (Å²) in [6.07, 6.45) is 3.11. The molecule has 3 nitrogen and oxygen atoms in total. The van der Waals surface area contributed by atoms with Gasteiger partial charge >= 0.3 is 0 Å². The number of nitrogens with zero attached hydrogens (tertiary/aromatic N) is 2. The van der Waals surface area contributed by atoms with Crippen molar-refractivity contribution in [2.24, 2.45) is 5.41 Å². The highest BCUT2D eigenvalue weighted by molar-refractivity contribution is 6.00. The first-order chi connectivity index (χ1) is 9.57. The van der Waals surface area contributed by atoms with E-state index in [0.29, 0.717) is 12.8 Å². The number of fused-ring (bicyclic) bond motifs is 1. The lowest BCUT2D eigenvalue weighted by molar-refractivity contribution is -0.125. The maximum atomic E-state index is 12.9. The summed E-state index contributed by atoms with van der Waals surface area (Å²) in [4.78, 5) is 14.7. The highest BCUT2D eigenvalue weighted by atomic mass is 16.2. The van der Waals surface area contributed by atoms with Crippen LogP contribution in [0.3, 0.4) is 0 Å². The molecule has 1 amide bonds. The molecular weight excluding hydrogens is 248 g/mol. The van der Waals surface area contributed by atoms with Gasteiger partial charge in [0.15, 0.2) is 0 Å². The van der Waals surface area contributed by atoms with Crippen molar-refractivity contribution < 1.29 is 4.79 Å². The van der Waals surface area contributed by atoms with E-state index < -0.39 is 5.41 Å². The van der Waals surface area contributed by atoms with Gasteiger partial charge in [-0.05, 0) is 44.2 Å². The fraction of sp³-hybridized carbons (Fsp3) is 0.529. The van der Waals surface area contributed by atoms with E-state index in [2.05, 4.69) is 19.1 Å². The fourth-order valence-corrected chi connectivity index (χ4v) is 2.95. The fourth-order valence-electron chi connectivity index (χ4n) is 2.95. The Kier molecular flexibility index (Phi) is 4.13. The van der Waals surface area contributed by atoms with Crippen molar-refractivity contribution in [1.29, 1.82) is 5.26 Å². The summed E-state index contributed by atoms with van der Waals surface area (Å²) in [6, 6.07) is 8.48. The summed E-state index contributed by atoms with van der Waals surface area (Å²) < 4.78 is 0. The zero-order chi connectivity index (χ0) is 14.8. The lowest BCUT2D eigenvalue weighted by atomic mass is 9.81. The summed E-state index contributed by atoms with van der Waals surface area (Å²) in [5, 5.41) is 9.47. The van der Waals surface area contributed by atoms with Crippen LogP contribution in [-0.2, 0) is 11.2 Å². The molecule has 1 aromatic rings. The molecule has 0 bridgehead atoms. The molecule has 0 aromatic heterocycles. The van der Waals surface area contributed by atoms with Crippen molar-refractivity contribution in [3.63, 3.8) is 0 Å². The summed E-state index contributed by atoms with van der Waals surface area (Å²) in [6.45, 7) is 6.63. The number of benzene rings is 1. The first-order valence-electron chi connectivity index (χ1n) is 7.40. The average molecular weight is 270 g/mol. The van der Waals surface area contributed by atoms with Crippen LogP contribution in [-0.4, -0.2) is 12.5 Å². The lowest BCUT2D eigenvalue weighted by Gasteiger charge is -2.35. The van der Waals surface area contributed by atoms with Gasteiger partial charge in [-0.3, -0.25) is 4.79 Å². The Bertz CT molecular complexity index is 553. The Morgan fingerprint density at radius 1 is 1.40 bits per heavy atom. The molecule has 1 aliphatic heterocycles. The first kappa shape index (κ1) is 14.6. The second-order valence-electron chi connectivity index (χ2n) is 5.59. The predicted molar refractivity (Wildman–Crippen MR) is 80.5 cm³/mol. The van der Waals surface area contributed by atoms with Crippen LogP contribution in [0.4, 0.5) is 5.69 Å². The molecule has 0 fully saturated rings. The van der Waals surface area contributed by atoms with Crippen LogP contribution in [0.1, 0.15) is 44.2 Å². The van der Waals surface area contributed by atoms with E-state index in [4.69, 9.17) is 0 Å². The van der Waals surface area contributed by atoms with E-state index in [1.807, 2.05) is 30.9 Å². The summed E-state index contributed by atoms with van der Waals surface area (Å²) in [7, 11) is 0. The maximum Gasteiger partial charge on any atom is 0.247 e. The van der Waals surface area contributed by atoms with Gasteiger partial charge in [-0.15, -0.1) is 0 Å². The Hall–Kier alpha value is -1.82. The van der Waals surface area contributed by atoms with Gasteiger partial charge in [0, 0.05) is 12.2 Å². The highest BCUT2D eigenvalue weighted by Gasteiger charge is 2.40. The van der Waals surface area contributed by atoms with E-state index in [9.17, 15) is 10.1 Å². The molecule has 1 aliphatic rings. The van der Waals surface area contributed by atoms with Gasteiger partial charge in [-0.25, -0.2) is 0 Å². The number of hydrogen-bond donors (Lipinski definition) is 0. The molecule has 0 unspecified atom stereocenters. The first-order valence-corrected chi connectivity index (χ1v) is 7.40. The Labute approximate surface area is 121 Å². The molecule has 0 saturated carbocycles.